The number of ketones is 20. The Bertz CT molecular complexity index is 2890. The highest BCUT2D eigenvalue weighted by atomic mass is 32.1. The number of benzene rings is 1. The van der Waals surface area contributed by atoms with E-state index in [1.54, 1.807) is 57.2 Å². The number of halogens is 3. The van der Waals surface area contributed by atoms with Gasteiger partial charge in [0.05, 0.1) is 75.3 Å². The van der Waals surface area contributed by atoms with Crippen LogP contribution in [0.2, 0.25) is 0 Å². The van der Waals surface area contributed by atoms with Crippen LogP contribution in [-0.2, 0) is 81.5 Å². The number of aryl methyl sites for hydroxylation is 1. The zero-order chi connectivity index (χ0) is 77.7. The molecule has 0 amide bonds. The normalized spacial score (nSPS) is 9.47. The Kier molecular flexibility index (Phi) is 67.6. The second-order valence-electron chi connectivity index (χ2n) is 21.9. The first-order valence-electron chi connectivity index (χ1n) is 31.8. The predicted octanol–water partition coefficient (Wildman–Crippen LogP) is 14.2. The van der Waals surface area contributed by atoms with Gasteiger partial charge in [-0.25, -0.2) is 0 Å². The van der Waals surface area contributed by atoms with Crippen LogP contribution in [0.25, 0.3) is 0 Å². The van der Waals surface area contributed by atoms with E-state index in [0.717, 1.165) is 38.2 Å². The van der Waals surface area contributed by atoms with Gasteiger partial charge in [-0.3, -0.25) is 95.9 Å². The monoisotopic (exact) mass is 1400 g/mol. The molecular weight excluding hydrogens is 1300 g/mol. The van der Waals surface area contributed by atoms with E-state index in [1.165, 1.54) is 73.0 Å². The number of furan rings is 1. The maximum atomic E-state index is 11.6. The lowest BCUT2D eigenvalue weighted by Crippen LogP contribution is -2.24. The van der Waals surface area contributed by atoms with E-state index in [9.17, 15) is 109 Å². The third-order valence-corrected chi connectivity index (χ3v) is 11.8. The minimum atomic E-state index is -4.87. The molecule has 0 radical (unpaired) electrons. The first-order chi connectivity index (χ1) is 45.3. The second-order valence-corrected chi connectivity index (χ2v) is 22.9. The molecule has 0 aliphatic carbocycles. The Hall–Kier alpha value is -8.61. The molecule has 3 aromatic rings. The minimum Gasteiger partial charge on any atom is -0.461 e. The van der Waals surface area contributed by atoms with Crippen molar-refractivity contribution >= 4 is 127 Å². The van der Waals surface area contributed by atoms with Crippen LogP contribution in [0.5, 0.6) is 0 Å². The molecule has 2 heterocycles. The van der Waals surface area contributed by atoms with Gasteiger partial charge in [-0.15, -0.1) is 11.3 Å². The number of alkyl halides is 3. The largest absolute Gasteiger partial charge is 0.461 e. The van der Waals surface area contributed by atoms with Crippen molar-refractivity contribution in [3.8, 4) is 0 Å². The van der Waals surface area contributed by atoms with Gasteiger partial charge in [0.15, 0.2) is 17.3 Å². The third kappa shape index (κ3) is 78.1. The van der Waals surface area contributed by atoms with E-state index in [-0.39, 0.29) is 168 Å². The van der Waals surface area contributed by atoms with Crippen LogP contribution in [0.1, 0.15) is 282 Å². The summed E-state index contributed by atoms with van der Waals surface area (Å²) in [6.07, 6.45) is 2.94. The fraction of sp³-hybridized carbons (Fsp3) is 0.534. The van der Waals surface area contributed by atoms with Gasteiger partial charge >= 0.3 is 6.18 Å². The molecule has 548 valence electrons. The summed E-state index contributed by atoms with van der Waals surface area (Å²) in [6.45, 7) is 27.2. The maximum absolute atomic E-state index is 11.6. The summed E-state index contributed by atoms with van der Waals surface area (Å²) in [6, 6.07) is 14.1. The second kappa shape index (κ2) is 64.4. The molecule has 0 atom stereocenters. The molecule has 0 aliphatic rings. The van der Waals surface area contributed by atoms with E-state index in [0.29, 0.717) is 55.4 Å². The summed E-state index contributed by atoms with van der Waals surface area (Å²) in [7, 11) is 0. The van der Waals surface area contributed by atoms with Crippen molar-refractivity contribution < 1.29 is 113 Å². The molecule has 0 unspecified atom stereocenters. The lowest BCUT2D eigenvalue weighted by molar-refractivity contribution is -0.171. The lowest BCUT2D eigenvalue weighted by Gasteiger charge is -2.00. The van der Waals surface area contributed by atoms with Gasteiger partial charge < -0.3 is 4.42 Å². The Morgan fingerprint density at radius 3 is 0.918 bits per heavy atom. The van der Waals surface area contributed by atoms with Crippen molar-refractivity contribution in [3.63, 3.8) is 0 Å². The molecule has 1 aromatic carbocycles. The highest BCUT2D eigenvalue weighted by molar-refractivity contribution is 7.12. The van der Waals surface area contributed by atoms with Crippen LogP contribution in [0.15, 0.2) is 64.6 Å². The van der Waals surface area contributed by atoms with Gasteiger partial charge in [0.1, 0.15) is 92.5 Å². The van der Waals surface area contributed by atoms with Crippen molar-refractivity contribution in [1.82, 2.24) is 0 Å². The van der Waals surface area contributed by atoms with Crippen molar-refractivity contribution in [2.75, 3.05) is 0 Å². The van der Waals surface area contributed by atoms with Crippen molar-refractivity contribution in [2.24, 2.45) is 0 Å². The van der Waals surface area contributed by atoms with Crippen LogP contribution < -0.4 is 0 Å². The van der Waals surface area contributed by atoms with E-state index in [2.05, 4.69) is 0 Å². The predicted molar refractivity (Wildman–Crippen MR) is 366 cm³/mol. The van der Waals surface area contributed by atoms with Crippen LogP contribution in [0.4, 0.5) is 13.2 Å². The molecule has 25 heteroatoms. The van der Waals surface area contributed by atoms with Gasteiger partial charge in [-0.05, 0) is 118 Å². The van der Waals surface area contributed by atoms with E-state index in [4.69, 9.17) is 4.42 Å². The summed E-state index contributed by atoms with van der Waals surface area (Å²) < 4.78 is 38.8. The SMILES string of the molecule is CC(=O)CC(=O)C(F)(F)F.CC(=O)CC(=O)c1cccs1.CC(=O)CC(C)=O.CC(=O)CC(C)=O.CC(=O)CC(C)=O.CCC(=O)CC(=O)CC.CCCC(=O)CC(=O)CC.CCCC(=O)CC(=O)c1ccc(C)cc1.CCCC(=O)CC(=O)c1ccco1.CCCC(=O)CC(C)=O. The van der Waals surface area contributed by atoms with Crippen molar-refractivity contribution in [1.29, 1.82) is 0 Å². The number of hydrogen-bond acceptors (Lipinski definition) is 22. The summed E-state index contributed by atoms with van der Waals surface area (Å²) >= 11 is 1.37. The molecule has 0 bridgehead atoms. The zero-order valence-corrected chi connectivity index (χ0v) is 61.1. The van der Waals surface area contributed by atoms with Crippen LogP contribution >= 0.6 is 11.3 Å². The zero-order valence-electron chi connectivity index (χ0n) is 60.2. The van der Waals surface area contributed by atoms with Crippen LogP contribution in [-0.4, -0.2) is 122 Å². The fourth-order valence-electron chi connectivity index (χ4n) is 6.41. The van der Waals surface area contributed by atoms with Gasteiger partial charge in [-0.1, -0.05) is 84.4 Å². The average Bonchev–Trinajstić information content (AvgIpc) is 1.18. The molecule has 0 spiro atoms. The number of Topliss-reactive ketones (excluding diaryl/α,β-unsaturated/α-hetero) is 20. The Morgan fingerprint density at radius 1 is 0.347 bits per heavy atom. The van der Waals surface area contributed by atoms with E-state index in [1.807, 2.05) is 52.1 Å². The van der Waals surface area contributed by atoms with E-state index < -0.39 is 24.2 Å². The molecule has 0 N–H and O–H groups in total. The summed E-state index contributed by atoms with van der Waals surface area (Å²) in [4.78, 5) is 211. The minimum absolute atomic E-state index is 0.0242. The number of carbonyl (C=O) groups excluding carboxylic acids is 20. The molecule has 98 heavy (non-hydrogen) atoms. The molecule has 0 saturated carbocycles. The standard InChI is InChI=1S/C13H16O2.C10H12O3.C8H8O2S.C8H14O2.2C7H12O2.C5H5F3O2.3C5H8O2/c1-3-4-12(14)9-13(15)11-7-5-10(2)6-8-11;1-2-4-8(11)7-9(12)10-5-3-6-13-10;1-6(9)5-7(10)8-3-2-4-11-8;1-3-5-8(10)6-7(9)4-2;1-3-4-7(9)5-6(2)8;1-3-6(8)5-7(9)4-2;1-3(9)2-4(10)5(6,7)8;3*1-4(6)3-5(2)7/h5-8H,3-4,9H2,1-2H3;3,5-6H,2,4,7H2,1H3;2-4H,5H2,1H3;3-6H2,1-2H3;2*3-5H2,1-2H3;2H2,1H3;3*3H2,1-2H3. The Morgan fingerprint density at radius 2 is 0.663 bits per heavy atom. The first-order valence-corrected chi connectivity index (χ1v) is 32.6. The number of carbonyl (C=O) groups is 20. The highest BCUT2D eigenvalue weighted by Crippen LogP contribution is 2.18. The highest BCUT2D eigenvalue weighted by Gasteiger charge is 2.38. The molecule has 0 fully saturated rings. The first kappa shape index (κ1) is 103. The van der Waals surface area contributed by atoms with Crippen molar-refractivity contribution in [3.05, 3.63) is 81.9 Å². The van der Waals surface area contributed by atoms with Gasteiger partial charge in [-0.2, -0.15) is 13.2 Å². The molecule has 21 nitrogen and oxygen atoms in total. The van der Waals surface area contributed by atoms with Crippen LogP contribution in [0.3, 0.4) is 0 Å². The summed E-state index contributed by atoms with van der Waals surface area (Å²) in [5.41, 5.74) is 1.75. The van der Waals surface area contributed by atoms with Gasteiger partial charge in [0.2, 0.25) is 11.6 Å². The number of hydrogen-bond donors (Lipinski definition) is 0. The molecule has 0 saturated heterocycles. The Balaban J connectivity index is -0.000000190. The Labute approximate surface area is 578 Å². The topological polar surface area (TPSA) is 355 Å². The summed E-state index contributed by atoms with van der Waals surface area (Å²) in [5.74, 6) is -3.08. The lowest BCUT2D eigenvalue weighted by atomic mass is 10.0. The molecule has 3 rings (SSSR count). The summed E-state index contributed by atoms with van der Waals surface area (Å²) in [5, 5.41) is 1.83. The molecule has 0 aliphatic heterocycles. The van der Waals surface area contributed by atoms with Crippen LogP contribution in [0, 0.1) is 6.92 Å². The number of rotatable bonds is 34. The molecular formula is C73H103F3O21S. The third-order valence-electron chi connectivity index (χ3n) is 10.8. The average molecular weight is 1410 g/mol. The van der Waals surface area contributed by atoms with E-state index >= 15 is 0 Å². The quantitative estimate of drug-likeness (QED) is 0.0396. The van der Waals surface area contributed by atoms with Crippen molar-refractivity contribution in [2.45, 2.75) is 259 Å². The van der Waals surface area contributed by atoms with Gasteiger partial charge in [0.25, 0.3) is 0 Å². The fourth-order valence-corrected chi connectivity index (χ4v) is 7.08. The smallest absolute Gasteiger partial charge is 0.450 e. The van der Waals surface area contributed by atoms with Gasteiger partial charge in [0, 0.05) is 50.5 Å². The number of thiophene rings is 1. The maximum Gasteiger partial charge on any atom is 0.450 e. The molecule has 2 aromatic heterocycles.